The van der Waals surface area contributed by atoms with E-state index in [0.29, 0.717) is 24.8 Å². The molecule has 1 unspecified atom stereocenters. The predicted molar refractivity (Wildman–Crippen MR) is 116 cm³/mol. The van der Waals surface area contributed by atoms with Gasteiger partial charge in [-0.3, -0.25) is 4.90 Å². The molecule has 0 radical (unpaired) electrons. The molecule has 3 rings (SSSR count). The van der Waals surface area contributed by atoms with Gasteiger partial charge < -0.3 is 19.6 Å². The molecule has 8 nitrogen and oxygen atoms in total. The molecule has 8 heteroatoms. The molecule has 0 bridgehead atoms. The van der Waals surface area contributed by atoms with Crippen molar-refractivity contribution >= 4 is 12.2 Å². The molecule has 1 aromatic carbocycles. The van der Waals surface area contributed by atoms with Crippen molar-refractivity contribution in [2.24, 2.45) is 0 Å². The second-order valence-corrected chi connectivity index (χ2v) is 7.70. The summed E-state index contributed by atoms with van der Waals surface area (Å²) in [6.07, 6.45) is 5.68. The van der Waals surface area contributed by atoms with E-state index in [4.69, 9.17) is 9.47 Å². The lowest BCUT2D eigenvalue weighted by Gasteiger charge is -2.31. The highest BCUT2D eigenvalue weighted by atomic mass is 16.7. The summed E-state index contributed by atoms with van der Waals surface area (Å²) in [6.45, 7) is 9.20. The number of benzene rings is 1. The van der Waals surface area contributed by atoms with Crippen LogP contribution in [-0.2, 0) is 9.53 Å². The van der Waals surface area contributed by atoms with Crippen LogP contribution in [0.15, 0.2) is 18.3 Å². The first-order chi connectivity index (χ1) is 14.6. The molecule has 0 spiro atoms. The van der Waals surface area contributed by atoms with Gasteiger partial charge in [-0.1, -0.05) is 13.0 Å². The average molecular weight is 414 g/mol. The van der Waals surface area contributed by atoms with Crippen molar-refractivity contribution in [2.45, 2.75) is 46.1 Å². The van der Waals surface area contributed by atoms with Crippen molar-refractivity contribution in [1.82, 2.24) is 20.1 Å². The van der Waals surface area contributed by atoms with Crippen molar-refractivity contribution in [3.05, 3.63) is 29.5 Å². The van der Waals surface area contributed by atoms with Crippen molar-refractivity contribution < 1.29 is 14.3 Å². The highest BCUT2D eigenvalue weighted by molar-refractivity contribution is 5.71. The van der Waals surface area contributed by atoms with Gasteiger partial charge in [0.05, 0.1) is 19.3 Å². The largest absolute Gasteiger partial charge is 0.467 e. The summed E-state index contributed by atoms with van der Waals surface area (Å²) in [7, 11) is 0. The number of carbonyl (C=O) groups excluding carboxylic acids is 1. The minimum absolute atomic E-state index is 0.198. The zero-order valence-corrected chi connectivity index (χ0v) is 18.1. The standard InChI is InChI=1S/C22H31N5O3/c1-4-10-29-15-30-20-12-16(2)11-17(3)21(20)19-13-23-22(26-25-19)24-18-6-5-7-27(14-18)8-9-28/h9,11-13,18H,4-8,10,14-15H2,1-3H3,(H,23,24,26). The highest BCUT2D eigenvalue weighted by Crippen LogP contribution is 2.33. The second kappa shape index (κ2) is 11.0. The van der Waals surface area contributed by atoms with Crippen LogP contribution in [0.1, 0.15) is 37.3 Å². The first-order valence-electron chi connectivity index (χ1n) is 10.5. The predicted octanol–water partition coefficient (Wildman–Crippen LogP) is 2.99. The Balaban J connectivity index is 1.71. The molecular weight excluding hydrogens is 382 g/mol. The number of ether oxygens (including phenoxy) is 2. The summed E-state index contributed by atoms with van der Waals surface area (Å²) in [6, 6.07) is 4.28. The summed E-state index contributed by atoms with van der Waals surface area (Å²) in [5.74, 6) is 1.22. The molecule has 0 aliphatic carbocycles. The van der Waals surface area contributed by atoms with Gasteiger partial charge in [-0.15, -0.1) is 10.2 Å². The minimum atomic E-state index is 0.198. The van der Waals surface area contributed by atoms with Crippen molar-refractivity contribution in [3.63, 3.8) is 0 Å². The molecule has 1 fully saturated rings. The molecule has 162 valence electrons. The number of carbonyl (C=O) groups is 1. The Morgan fingerprint density at radius 3 is 2.90 bits per heavy atom. The zero-order chi connectivity index (χ0) is 21.3. The number of rotatable bonds is 10. The van der Waals surface area contributed by atoms with E-state index in [1.54, 1.807) is 6.20 Å². The number of aldehydes is 1. The molecule has 1 N–H and O–H groups in total. The van der Waals surface area contributed by atoms with Gasteiger partial charge in [0.2, 0.25) is 5.95 Å². The minimum Gasteiger partial charge on any atom is -0.467 e. The Morgan fingerprint density at radius 2 is 2.17 bits per heavy atom. The van der Waals surface area contributed by atoms with E-state index < -0.39 is 0 Å². The monoisotopic (exact) mass is 413 g/mol. The molecular formula is C22H31N5O3. The van der Waals surface area contributed by atoms with Gasteiger partial charge in [0.25, 0.3) is 0 Å². The summed E-state index contributed by atoms with van der Waals surface area (Å²) in [5.41, 5.74) is 3.70. The second-order valence-electron chi connectivity index (χ2n) is 7.70. The molecule has 30 heavy (non-hydrogen) atoms. The Labute approximate surface area is 178 Å². The lowest BCUT2D eigenvalue weighted by atomic mass is 10.0. The molecule has 0 saturated carbocycles. The van der Waals surface area contributed by atoms with Crippen LogP contribution in [0.5, 0.6) is 5.75 Å². The van der Waals surface area contributed by atoms with E-state index in [1.807, 2.05) is 19.9 Å². The van der Waals surface area contributed by atoms with E-state index in [-0.39, 0.29) is 12.8 Å². The molecule has 2 heterocycles. The number of nitrogens with one attached hydrogen (secondary N) is 1. The average Bonchev–Trinajstić information content (AvgIpc) is 2.72. The van der Waals surface area contributed by atoms with Crippen LogP contribution in [0.3, 0.4) is 0 Å². The van der Waals surface area contributed by atoms with Crippen LogP contribution < -0.4 is 10.1 Å². The number of aromatic nitrogens is 3. The summed E-state index contributed by atoms with van der Waals surface area (Å²) < 4.78 is 11.4. The molecule has 0 amide bonds. The third-order valence-electron chi connectivity index (χ3n) is 5.08. The molecule has 1 aromatic heterocycles. The SMILES string of the molecule is CCCOCOc1cc(C)cc(C)c1-c1cnc(NC2CCCN(CC=O)C2)nn1. The number of hydrogen-bond donors (Lipinski definition) is 1. The Bertz CT molecular complexity index is 828. The fraction of sp³-hybridized carbons (Fsp3) is 0.545. The van der Waals surface area contributed by atoms with E-state index in [9.17, 15) is 4.79 Å². The van der Waals surface area contributed by atoms with Gasteiger partial charge in [0.1, 0.15) is 17.7 Å². The van der Waals surface area contributed by atoms with Crippen LogP contribution in [0, 0.1) is 13.8 Å². The van der Waals surface area contributed by atoms with Crippen molar-refractivity contribution in [1.29, 1.82) is 0 Å². The number of piperidine rings is 1. The van der Waals surface area contributed by atoms with Gasteiger partial charge >= 0.3 is 0 Å². The summed E-state index contributed by atoms with van der Waals surface area (Å²) in [4.78, 5) is 17.4. The number of anilines is 1. The Morgan fingerprint density at radius 1 is 1.30 bits per heavy atom. The lowest BCUT2D eigenvalue weighted by Crippen LogP contribution is -2.43. The van der Waals surface area contributed by atoms with Gasteiger partial charge in [-0.05, 0) is 56.8 Å². The van der Waals surface area contributed by atoms with Gasteiger partial charge in [0, 0.05) is 18.2 Å². The molecule has 1 saturated heterocycles. The van der Waals surface area contributed by atoms with E-state index in [0.717, 1.165) is 61.1 Å². The van der Waals surface area contributed by atoms with Crippen LogP contribution in [0.4, 0.5) is 5.95 Å². The molecule has 1 atom stereocenters. The maximum absolute atomic E-state index is 10.8. The summed E-state index contributed by atoms with van der Waals surface area (Å²) in [5, 5.41) is 12.0. The van der Waals surface area contributed by atoms with E-state index >= 15 is 0 Å². The quantitative estimate of drug-likeness (QED) is 0.361. The number of likely N-dealkylation sites (tertiary alicyclic amines) is 1. The van der Waals surface area contributed by atoms with Crippen LogP contribution >= 0.6 is 0 Å². The van der Waals surface area contributed by atoms with Crippen LogP contribution in [0.25, 0.3) is 11.3 Å². The topological polar surface area (TPSA) is 89.5 Å². The zero-order valence-electron chi connectivity index (χ0n) is 18.1. The van der Waals surface area contributed by atoms with Gasteiger partial charge in [-0.25, -0.2) is 4.98 Å². The Hall–Kier alpha value is -2.58. The van der Waals surface area contributed by atoms with E-state index in [1.165, 1.54) is 0 Å². The maximum Gasteiger partial charge on any atom is 0.242 e. The van der Waals surface area contributed by atoms with E-state index in [2.05, 4.69) is 38.4 Å². The fourth-order valence-corrected chi connectivity index (χ4v) is 3.76. The highest BCUT2D eigenvalue weighted by Gasteiger charge is 2.20. The molecule has 2 aromatic rings. The van der Waals surface area contributed by atoms with Crippen molar-refractivity contribution in [3.8, 4) is 17.0 Å². The Kier molecular flexibility index (Phi) is 8.10. The van der Waals surface area contributed by atoms with Crippen LogP contribution in [-0.4, -0.2) is 65.4 Å². The van der Waals surface area contributed by atoms with Crippen LogP contribution in [0.2, 0.25) is 0 Å². The first kappa shape index (κ1) is 22.1. The lowest BCUT2D eigenvalue weighted by molar-refractivity contribution is -0.109. The third-order valence-corrected chi connectivity index (χ3v) is 5.08. The number of aryl methyl sites for hydroxylation is 2. The maximum atomic E-state index is 10.8. The first-order valence-corrected chi connectivity index (χ1v) is 10.5. The van der Waals surface area contributed by atoms with Gasteiger partial charge in [-0.2, -0.15) is 0 Å². The number of nitrogens with zero attached hydrogens (tertiary/aromatic N) is 4. The number of hydrogen-bond acceptors (Lipinski definition) is 8. The van der Waals surface area contributed by atoms with Gasteiger partial charge in [0.15, 0.2) is 6.79 Å². The molecule has 1 aliphatic heterocycles. The fourth-order valence-electron chi connectivity index (χ4n) is 3.76. The van der Waals surface area contributed by atoms with Crippen molar-refractivity contribution in [2.75, 3.05) is 38.4 Å². The normalized spacial score (nSPS) is 17.0. The smallest absolute Gasteiger partial charge is 0.242 e. The summed E-state index contributed by atoms with van der Waals surface area (Å²) >= 11 is 0. The third kappa shape index (κ3) is 5.96. The molecule has 1 aliphatic rings.